The number of aromatic nitrogens is 2. The van der Waals surface area contributed by atoms with E-state index in [2.05, 4.69) is 15.9 Å². The van der Waals surface area contributed by atoms with Gasteiger partial charge in [-0.25, -0.2) is 22.7 Å². The number of halogens is 2. The van der Waals surface area contributed by atoms with Gasteiger partial charge in [0.1, 0.15) is 5.82 Å². The molecule has 2 aromatic rings. The number of nitrogens with zero attached hydrogens (tertiary/aromatic N) is 1. The lowest BCUT2D eigenvalue weighted by molar-refractivity contribution is 0.581. The van der Waals surface area contributed by atoms with Crippen LogP contribution in [-0.4, -0.2) is 18.0 Å². The van der Waals surface area contributed by atoms with Crippen molar-refractivity contribution >= 4 is 26.0 Å². The van der Waals surface area contributed by atoms with Crippen molar-refractivity contribution < 1.29 is 12.8 Å². The van der Waals surface area contributed by atoms with Gasteiger partial charge in [0.05, 0.1) is 6.54 Å². The van der Waals surface area contributed by atoms with Crippen LogP contribution < -0.4 is 16.4 Å². The van der Waals surface area contributed by atoms with Gasteiger partial charge in [-0.05, 0) is 12.1 Å². The molecule has 0 saturated carbocycles. The molecule has 0 aliphatic rings. The summed E-state index contributed by atoms with van der Waals surface area (Å²) in [6.07, 6.45) is 0.790. The Labute approximate surface area is 126 Å². The third kappa shape index (κ3) is 3.46. The molecule has 0 bridgehead atoms. The zero-order valence-electron chi connectivity index (χ0n) is 10.3. The van der Waals surface area contributed by atoms with Crippen LogP contribution in [0.2, 0.25) is 0 Å². The maximum Gasteiger partial charge on any atom is 0.328 e. The van der Waals surface area contributed by atoms with Crippen LogP contribution in [0.1, 0.15) is 5.56 Å². The van der Waals surface area contributed by atoms with Crippen molar-refractivity contribution in [2.45, 2.75) is 11.4 Å². The lowest BCUT2D eigenvalue weighted by atomic mass is 10.2. The van der Waals surface area contributed by atoms with Gasteiger partial charge in [-0.15, -0.1) is 0 Å². The molecule has 10 heteroatoms. The Morgan fingerprint density at radius 1 is 1.33 bits per heavy atom. The van der Waals surface area contributed by atoms with E-state index < -0.39 is 32.0 Å². The summed E-state index contributed by atoms with van der Waals surface area (Å²) in [5.41, 5.74) is -1.84. The maximum absolute atomic E-state index is 13.7. The number of benzene rings is 1. The molecule has 1 aromatic heterocycles. The molecule has 112 valence electrons. The second-order valence-electron chi connectivity index (χ2n) is 4.16. The van der Waals surface area contributed by atoms with E-state index >= 15 is 0 Å². The molecular formula is C11H9BrFN3O4S. The molecule has 0 saturated heterocycles. The van der Waals surface area contributed by atoms with Gasteiger partial charge in [-0.3, -0.25) is 14.3 Å². The molecule has 0 fully saturated rings. The molecule has 3 N–H and O–H groups in total. The summed E-state index contributed by atoms with van der Waals surface area (Å²) in [7, 11) is -4.29. The molecule has 0 radical (unpaired) electrons. The first-order valence-electron chi connectivity index (χ1n) is 5.49. The van der Waals surface area contributed by atoms with Crippen LogP contribution in [-0.2, 0) is 16.6 Å². The molecule has 0 unspecified atom stereocenters. The molecule has 0 aliphatic carbocycles. The Hall–Kier alpha value is -1.78. The highest BCUT2D eigenvalue weighted by Gasteiger charge is 2.16. The van der Waals surface area contributed by atoms with Gasteiger partial charge in [0.2, 0.25) is 10.0 Å². The van der Waals surface area contributed by atoms with Crippen molar-refractivity contribution in [2.24, 2.45) is 5.14 Å². The minimum Gasteiger partial charge on any atom is -0.295 e. The summed E-state index contributed by atoms with van der Waals surface area (Å²) in [4.78, 5) is 24.1. The van der Waals surface area contributed by atoms with Crippen molar-refractivity contribution in [3.63, 3.8) is 0 Å². The predicted molar refractivity (Wildman–Crippen MR) is 75.9 cm³/mol. The first-order chi connectivity index (χ1) is 9.68. The summed E-state index contributed by atoms with van der Waals surface area (Å²) in [6, 6.07) is 4.19. The Balaban J connectivity index is 2.55. The van der Waals surface area contributed by atoms with E-state index in [4.69, 9.17) is 5.14 Å². The van der Waals surface area contributed by atoms with Crippen molar-refractivity contribution in [1.29, 1.82) is 0 Å². The number of sulfonamides is 1. The molecule has 2 rings (SSSR count). The van der Waals surface area contributed by atoms with Crippen molar-refractivity contribution in [3.05, 3.63) is 61.1 Å². The second-order valence-corrected chi connectivity index (χ2v) is 6.61. The van der Waals surface area contributed by atoms with Gasteiger partial charge < -0.3 is 0 Å². The number of primary sulfonamides is 1. The van der Waals surface area contributed by atoms with Crippen molar-refractivity contribution in [1.82, 2.24) is 9.55 Å². The highest BCUT2D eigenvalue weighted by Crippen LogP contribution is 2.15. The third-order valence-corrected chi connectivity index (χ3v) is 4.04. The molecule has 0 atom stereocenters. The van der Waals surface area contributed by atoms with E-state index in [9.17, 15) is 22.4 Å². The highest BCUT2D eigenvalue weighted by molar-refractivity contribution is 9.10. The molecule has 1 aromatic carbocycles. The van der Waals surface area contributed by atoms with E-state index in [-0.39, 0.29) is 12.1 Å². The Kier molecular flexibility index (Phi) is 4.12. The van der Waals surface area contributed by atoms with E-state index in [0.29, 0.717) is 4.47 Å². The Morgan fingerprint density at radius 2 is 2.00 bits per heavy atom. The smallest absolute Gasteiger partial charge is 0.295 e. The van der Waals surface area contributed by atoms with Crippen LogP contribution in [0.25, 0.3) is 0 Å². The van der Waals surface area contributed by atoms with Crippen molar-refractivity contribution in [2.75, 3.05) is 0 Å². The fraction of sp³-hybridized carbons (Fsp3) is 0.0909. The SMILES string of the molecule is NS(=O)(=O)c1cn(Cc2ccc(Br)cc2F)c(=O)[nH]c1=O. The van der Waals surface area contributed by atoms with E-state index in [1.165, 1.54) is 12.1 Å². The summed E-state index contributed by atoms with van der Waals surface area (Å²) in [5.74, 6) is -0.584. The van der Waals surface area contributed by atoms with Crippen LogP contribution in [0.15, 0.2) is 43.4 Å². The number of nitrogens with two attached hydrogens (primary N) is 1. The summed E-state index contributed by atoms with van der Waals surface area (Å²) in [6.45, 7) is -0.253. The van der Waals surface area contributed by atoms with Crippen molar-refractivity contribution in [3.8, 4) is 0 Å². The summed E-state index contributed by atoms with van der Waals surface area (Å²) < 4.78 is 37.6. The monoisotopic (exact) mass is 377 g/mol. The van der Waals surface area contributed by atoms with Gasteiger partial charge in [-0.1, -0.05) is 22.0 Å². The van der Waals surface area contributed by atoms with Gasteiger partial charge in [0, 0.05) is 16.2 Å². The minimum atomic E-state index is -4.29. The quantitative estimate of drug-likeness (QED) is 0.790. The van der Waals surface area contributed by atoms with Gasteiger partial charge in [-0.2, -0.15) is 0 Å². The third-order valence-electron chi connectivity index (χ3n) is 2.64. The molecule has 0 amide bonds. The van der Waals surface area contributed by atoms with E-state index in [1.807, 2.05) is 4.98 Å². The number of H-pyrrole nitrogens is 1. The van der Waals surface area contributed by atoms with Gasteiger partial charge in [0.15, 0.2) is 4.90 Å². The topological polar surface area (TPSA) is 115 Å². The Morgan fingerprint density at radius 3 is 2.57 bits per heavy atom. The maximum atomic E-state index is 13.7. The number of nitrogens with one attached hydrogen (secondary N) is 1. The van der Waals surface area contributed by atoms with Crippen LogP contribution in [0.3, 0.4) is 0 Å². The van der Waals surface area contributed by atoms with Gasteiger partial charge in [0.25, 0.3) is 5.56 Å². The molecule has 1 heterocycles. The molecule has 0 spiro atoms. The number of aromatic amines is 1. The lowest BCUT2D eigenvalue weighted by Gasteiger charge is -2.08. The minimum absolute atomic E-state index is 0.146. The first-order valence-corrected chi connectivity index (χ1v) is 7.83. The average molecular weight is 378 g/mol. The van der Waals surface area contributed by atoms with E-state index in [1.54, 1.807) is 6.07 Å². The fourth-order valence-electron chi connectivity index (χ4n) is 1.64. The van der Waals surface area contributed by atoms with Crippen LogP contribution in [0.5, 0.6) is 0 Å². The highest BCUT2D eigenvalue weighted by atomic mass is 79.9. The zero-order chi connectivity index (χ0) is 15.8. The number of rotatable bonds is 3. The standard InChI is InChI=1S/C11H9BrFN3O4S/c12-7-2-1-6(8(13)3-7)4-16-5-9(21(14,19)20)10(17)15-11(16)18/h1-3,5H,4H2,(H2,14,19,20)(H,15,17,18). The number of hydrogen-bond acceptors (Lipinski definition) is 4. The fourth-order valence-corrected chi connectivity index (χ4v) is 2.56. The van der Waals surface area contributed by atoms with E-state index in [0.717, 1.165) is 10.8 Å². The predicted octanol–water partition coefficient (Wildman–Crippen LogP) is 0.134. The van der Waals surface area contributed by atoms with Crippen LogP contribution in [0.4, 0.5) is 4.39 Å². The second kappa shape index (κ2) is 5.54. The Bertz CT molecular complexity index is 920. The summed E-state index contributed by atoms with van der Waals surface area (Å²) in [5, 5.41) is 4.88. The molecular weight excluding hydrogens is 369 g/mol. The van der Waals surface area contributed by atoms with Gasteiger partial charge >= 0.3 is 5.69 Å². The van der Waals surface area contributed by atoms with Crippen LogP contribution in [0, 0.1) is 5.82 Å². The first kappa shape index (κ1) is 15.6. The normalized spacial score (nSPS) is 11.6. The zero-order valence-corrected chi connectivity index (χ0v) is 12.7. The number of hydrogen-bond donors (Lipinski definition) is 2. The van der Waals surface area contributed by atoms with Crippen LogP contribution >= 0.6 is 15.9 Å². The largest absolute Gasteiger partial charge is 0.328 e. The molecule has 21 heavy (non-hydrogen) atoms. The summed E-state index contributed by atoms with van der Waals surface area (Å²) >= 11 is 3.09. The lowest BCUT2D eigenvalue weighted by Crippen LogP contribution is -2.35. The average Bonchev–Trinajstić information content (AvgIpc) is 2.33. The molecule has 0 aliphatic heterocycles. The molecule has 7 nitrogen and oxygen atoms in total.